The van der Waals surface area contributed by atoms with E-state index in [4.69, 9.17) is 11.6 Å². The first-order chi connectivity index (χ1) is 12.4. The number of aromatic nitrogens is 3. The smallest absolute Gasteiger partial charge is 0.346 e. The van der Waals surface area contributed by atoms with Gasteiger partial charge in [0.15, 0.2) is 0 Å². The van der Waals surface area contributed by atoms with Gasteiger partial charge in [0.2, 0.25) is 5.91 Å². The molecule has 1 fully saturated rings. The van der Waals surface area contributed by atoms with Gasteiger partial charge in [0.1, 0.15) is 17.7 Å². The molecule has 1 saturated heterocycles. The zero-order valence-corrected chi connectivity index (χ0v) is 14.7. The van der Waals surface area contributed by atoms with Crippen molar-refractivity contribution in [3.63, 3.8) is 0 Å². The van der Waals surface area contributed by atoms with Crippen molar-refractivity contribution in [2.45, 2.75) is 38.0 Å². The van der Waals surface area contributed by atoms with Gasteiger partial charge in [-0.25, -0.2) is 13.9 Å². The Labute approximate surface area is 153 Å². The van der Waals surface area contributed by atoms with Gasteiger partial charge in [-0.15, -0.1) is 0 Å². The summed E-state index contributed by atoms with van der Waals surface area (Å²) in [6.07, 6.45) is 1.49. The van der Waals surface area contributed by atoms with E-state index in [1.165, 1.54) is 21.4 Å². The first-order valence-corrected chi connectivity index (χ1v) is 8.91. The number of aliphatic hydroxyl groups is 1. The molecule has 2 aliphatic rings. The van der Waals surface area contributed by atoms with E-state index in [9.17, 15) is 19.1 Å². The molecule has 0 radical (unpaired) electrons. The Hall–Kier alpha value is -2.19. The maximum Gasteiger partial charge on any atom is 0.346 e. The SMILES string of the molecule is O=C(C1CCCc2nn(Cc3ccc(F)c(Cl)c3)c(=O)n21)N1CC(O)C1. The molecular formula is C17H18ClFN4O3. The van der Waals surface area contributed by atoms with Gasteiger partial charge < -0.3 is 10.0 Å². The summed E-state index contributed by atoms with van der Waals surface area (Å²) in [5, 5.41) is 13.8. The van der Waals surface area contributed by atoms with Crippen molar-refractivity contribution in [1.29, 1.82) is 0 Å². The number of likely N-dealkylation sites (tertiary alicyclic amines) is 1. The van der Waals surface area contributed by atoms with Crippen molar-refractivity contribution >= 4 is 17.5 Å². The average Bonchev–Trinajstić information content (AvgIpc) is 2.91. The largest absolute Gasteiger partial charge is 0.389 e. The number of benzene rings is 1. The third-order valence-electron chi connectivity index (χ3n) is 4.91. The number of fused-ring (bicyclic) bond motifs is 1. The minimum Gasteiger partial charge on any atom is -0.389 e. The van der Waals surface area contributed by atoms with E-state index in [0.717, 1.165) is 6.42 Å². The molecule has 4 rings (SSSR count). The highest BCUT2D eigenvalue weighted by Gasteiger charge is 2.37. The van der Waals surface area contributed by atoms with E-state index in [2.05, 4.69) is 5.10 Å². The number of rotatable bonds is 3. The summed E-state index contributed by atoms with van der Waals surface area (Å²) >= 11 is 5.80. The Bertz CT molecular complexity index is 919. The lowest BCUT2D eigenvalue weighted by atomic mass is 10.0. The Morgan fingerprint density at radius 3 is 2.85 bits per heavy atom. The molecule has 0 saturated carbocycles. The number of amides is 1. The van der Waals surface area contributed by atoms with E-state index in [1.54, 1.807) is 11.0 Å². The zero-order valence-electron chi connectivity index (χ0n) is 13.9. The molecule has 1 amide bonds. The van der Waals surface area contributed by atoms with Crippen LogP contribution in [0.2, 0.25) is 5.02 Å². The lowest BCUT2D eigenvalue weighted by Gasteiger charge is -2.39. The number of aliphatic hydroxyl groups excluding tert-OH is 1. The highest BCUT2D eigenvalue weighted by Crippen LogP contribution is 2.26. The molecule has 1 aromatic heterocycles. The molecule has 9 heteroatoms. The van der Waals surface area contributed by atoms with Gasteiger partial charge in [-0.1, -0.05) is 17.7 Å². The Kier molecular flexibility index (Phi) is 4.32. The molecule has 0 bridgehead atoms. The molecule has 1 aromatic carbocycles. The van der Waals surface area contributed by atoms with Crippen LogP contribution < -0.4 is 5.69 Å². The van der Waals surface area contributed by atoms with Gasteiger partial charge in [0.05, 0.1) is 17.7 Å². The third-order valence-corrected chi connectivity index (χ3v) is 5.20. The summed E-state index contributed by atoms with van der Waals surface area (Å²) in [5.74, 6) is -0.0918. The lowest BCUT2D eigenvalue weighted by Crippen LogP contribution is -2.56. The number of nitrogens with zero attached hydrogens (tertiary/aromatic N) is 4. The standard InChI is InChI=1S/C17H18ClFN4O3/c18-12-6-10(4-5-13(12)19)7-22-17(26)23-14(2-1-3-15(23)20-22)16(25)21-8-11(24)9-21/h4-6,11,14,24H,1-3,7-9H2. The van der Waals surface area contributed by atoms with Gasteiger partial charge in [-0.3, -0.25) is 9.36 Å². The molecule has 0 aliphatic carbocycles. The van der Waals surface area contributed by atoms with Crippen LogP contribution in [-0.2, 0) is 17.8 Å². The molecule has 1 N–H and O–H groups in total. The summed E-state index contributed by atoms with van der Waals surface area (Å²) in [5.41, 5.74) is 0.294. The molecule has 0 spiro atoms. The topological polar surface area (TPSA) is 80.4 Å². The summed E-state index contributed by atoms with van der Waals surface area (Å²) in [6, 6.07) is 3.69. The first kappa shape index (κ1) is 17.2. The van der Waals surface area contributed by atoms with Crippen molar-refractivity contribution in [1.82, 2.24) is 19.2 Å². The van der Waals surface area contributed by atoms with Crippen LogP contribution in [0.15, 0.2) is 23.0 Å². The Morgan fingerprint density at radius 2 is 2.15 bits per heavy atom. The number of aryl methyl sites for hydroxylation is 1. The quantitative estimate of drug-likeness (QED) is 0.860. The van der Waals surface area contributed by atoms with Crippen LogP contribution >= 0.6 is 11.6 Å². The Balaban J connectivity index is 1.62. The molecule has 1 atom stereocenters. The van der Waals surface area contributed by atoms with Crippen molar-refractivity contribution < 1.29 is 14.3 Å². The first-order valence-electron chi connectivity index (χ1n) is 8.53. The van der Waals surface area contributed by atoms with Crippen LogP contribution in [0.4, 0.5) is 4.39 Å². The molecule has 1 unspecified atom stereocenters. The molecule has 7 nitrogen and oxygen atoms in total. The second-order valence-electron chi connectivity index (χ2n) is 6.78. The number of hydrogen-bond donors (Lipinski definition) is 1. The van der Waals surface area contributed by atoms with Gasteiger partial charge in [0, 0.05) is 19.5 Å². The van der Waals surface area contributed by atoms with Crippen LogP contribution in [0, 0.1) is 5.82 Å². The second kappa shape index (κ2) is 6.51. The lowest BCUT2D eigenvalue weighted by molar-refractivity contribution is -0.145. The van der Waals surface area contributed by atoms with Crippen LogP contribution in [0.5, 0.6) is 0 Å². The number of carbonyl (C=O) groups excluding carboxylic acids is 1. The van der Waals surface area contributed by atoms with Crippen molar-refractivity contribution in [3.8, 4) is 0 Å². The maximum absolute atomic E-state index is 13.3. The fraction of sp³-hybridized carbons (Fsp3) is 0.471. The summed E-state index contributed by atoms with van der Waals surface area (Å²) in [7, 11) is 0. The second-order valence-corrected chi connectivity index (χ2v) is 7.19. The van der Waals surface area contributed by atoms with Crippen molar-refractivity contribution in [3.05, 3.63) is 50.9 Å². The molecular weight excluding hydrogens is 363 g/mol. The van der Waals surface area contributed by atoms with Crippen LogP contribution in [0.3, 0.4) is 0 Å². The van der Waals surface area contributed by atoms with E-state index >= 15 is 0 Å². The van der Waals surface area contributed by atoms with E-state index < -0.39 is 18.0 Å². The number of hydrogen-bond acceptors (Lipinski definition) is 4. The van der Waals surface area contributed by atoms with Gasteiger partial charge in [-0.05, 0) is 30.5 Å². The van der Waals surface area contributed by atoms with E-state index in [-0.39, 0.29) is 23.2 Å². The highest BCUT2D eigenvalue weighted by atomic mass is 35.5. The fourth-order valence-corrected chi connectivity index (χ4v) is 3.73. The third kappa shape index (κ3) is 2.93. The van der Waals surface area contributed by atoms with E-state index in [1.807, 2.05) is 0 Å². The van der Waals surface area contributed by atoms with Gasteiger partial charge >= 0.3 is 5.69 Å². The molecule has 2 aromatic rings. The van der Waals surface area contributed by atoms with Crippen molar-refractivity contribution in [2.75, 3.05) is 13.1 Å². The molecule has 138 valence electrons. The van der Waals surface area contributed by atoms with Crippen molar-refractivity contribution in [2.24, 2.45) is 0 Å². The average molecular weight is 381 g/mol. The predicted molar refractivity (Wildman–Crippen MR) is 91.6 cm³/mol. The maximum atomic E-state index is 13.3. The highest BCUT2D eigenvalue weighted by molar-refractivity contribution is 6.30. The Morgan fingerprint density at radius 1 is 1.38 bits per heavy atom. The minimum atomic E-state index is -0.579. The predicted octanol–water partition coefficient (Wildman–Crippen LogP) is 0.966. The number of carbonyl (C=O) groups is 1. The summed E-state index contributed by atoms with van der Waals surface area (Å²) < 4.78 is 16.1. The van der Waals surface area contributed by atoms with Crippen LogP contribution in [0.25, 0.3) is 0 Å². The molecule has 26 heavy (non-hydrogen) atoms. The summed E-state index contributed by atoms with van der Waals surface area (Å²) in [4.78, 5) is 27.0. The fourth-order valence-electron chi connectivity index (χ4n) is 3.53. The van der Waals surface area contributed by atoms with Crippen LogP contribution in [-0.4, -0.2) is 49.5 Å². The molecule has 3 heterocycles. The normalized spacial score (nSPS) is 20.0. The number of β-amino-alcohol motifs (C(OH)–C–C–N with tert-alkyl or cyclic N) is 1. The minimum absolute atomic E-state index is 0.0103. The zero-order chi connectivity index (χ0) is 18.4. The van der Waals surface area contributed by atoms with E-state index in [0.29, 0.717) is 37.3 Å². The van der Waals surface area contributed by atoms with Gasteiger partial charge in [0.25, 0.3) is 0 Å². The van der Waals surface area contributed by atoms with Crippen LogP contribution in [0.1, 0.15) is 30.3 Å². The molecule has 2 aliphatic heterocycles. The van der Waals surface area contributed by atoms with Gasteiger partial charge in [-0.2, -0.15) is 5.10 Å². The monoisotopic (exact) mass is 380 g/mol. The summed E-state index contributed by atoms with van der Waals surface area (Å²) in [6.45, 7) is 0.769. The number of halogens is 2.